The van der Waals surface area contributed by atoms with Crippen molar-refractivity contribution in [3.05, 3.63) is 12.8 Å². The number of hydrogen-bond donors (Lipinski definition) is 2. The van der Waals surface area contributed by atoms with Crippen LogP contribution in [0.2, 0.25) is 0 Å². The van der Waals surface area contributed by atoms with E-state index < -0.39 is 0 Å². The van der Waals surface area contributed by atoms with Crippen LogP contribution in [0.3, 0.4) is 0 Å². The Morgan fingerprint density at radius 3 is 2.62 bits per heavy atom. The van der Waals surface area contributed by atoms with Crippen molar-refractivity contribution in [2.45, 2.75) is 0 Å². The average Bonchev–Trinajstić information content (AvgIpc) is 1.83. The quantitative estimate of drug-likeness (QED) is 0.224. The van der Waals surface area contributed by atoms with Crippen molar-refractivity contribution in [2.24, 2.45) is 10.9 Å². The molecule has 0 aliphatic rings. The van der Waals surface area contributed by atoms with Crippen LogP contribution in [0, 0.1) is 0 Å². The van der Waals surface area contributed by atoms with Gasteiger partial charge in [-0.1, -0.05) is 6.58 Å². The first-order valence-electron chi connectivity index (χ1n) is 2.16. The standard InChI is InChI=1S/C4H10N4/c1-3-8(6-2)4-7-5/h3-4,6H,1,5H2,2H3/b7-4-. The molecular formula is C4H10N4. The van der Waals surface area contributed by atoms with Crippen molar-refractivity contribution in [1.29, 1.82) is 0 Å². The fourth-order valence-corrected chi connectivity index (χ4v) is 0.268. The molecule has 0 radical (unpaired) electrons. The number of hydrogen-bond acceptors (Lipinski definition) is 3. The SMILES string of the molecule is C=CN(/C=N\N)NC. The summed E-state index contributed by atoms with van der Waals surface area (Å²) in [5.41, 5.74) is 2.74. The Labute approximate surface area is 48.6 Å². The molecule has 0 unspecified atom stereocenters. The van der Waals surface area contributed by atoms with Gasteiger partial charge in [-0.2, -0.15) is 5.10 Å². The lowest BCUT2D eigenvalue weighted by Gasteiger charge is -2.08. The average molecular weight is 114 g/mol. The lowest BCUT2D eigenvalue weighted by atomic mass is 10.9. The van der Waals surface area contributed by atoms with Crippen LogP contribution in [0.1, 0.15) is 0 Å². The largest absolute Gasteiger partial charge is 0.322 e. The lowest BCUT2D eigenvalue weighted by molar-refractivity contribution is 0.467. The van der Waals surface area contributed by atoms with Gasteiger partial charge in [0, 0.05) is 13.2 Å². The second-order valence-electron chi connectivity index (χ2n) is 1.08. The molecule has 4 nitrogen and oxygen atoms in total. The molecule has 0 saturated carbocycles. The summed E-state index contributed by atoms with van der Waals surface area (Å²) in [5.74, 6) is 4.82. The zero-order valence-electron chi connectivity index (χ0n) is 4.83. The maximum Gasteiger partial charge on any atom is 0.129 e. The van der Waals surface area contributed by atoms with E-state index in [0.29, 0.717) is 0 Å². The lowest BCUT2D eigenvalue weighted by Crippen LogP contribution is -2.28. The highest BCUT2D eigenvalue weighted by atomic mass is 15.5. The molecule has 0 spiro atoms. The van der Waals surface area contributed by atoms with Gasteiger partial charge in [-0.25, -0.2) is 5.43 Å². The van der Waals surface area contributed by atoms with E-state index in [1.165, 1.54) is 11.3 Å². The number of hydrazine groups is 1. The third-order valence-electron chi connectivity index (χ3n) is 0.646. The van der Waals surface area contributed by atoms with Crippen LogP contribution in [-0.4, -0.2) is 18.4 Å². The molecule has 0 heterocycles. The van der Waals surface area contributed by atoms with Gasteiger partial charge >= 0.3 is 0 Å². The second-order valence-corrected chi connectivity index (χ2v) is 1.08. The van der Waals surface area contributed by atoms with Crippen molar-refractivity contribution in [3.63, 3.8) is 0 Å². The molecule has 0 amide bonds. The maximum absolute atomic E-state index is 4.82. The Balaban J connectivity index is 3.52. The van der Waals surface area contributed by atoms with Crippen LogP contribution in [-0.2, 0) is 0 Å². The van der Waals surface area contributed by atoms with Gasteiger partial charge in [0.15, 0.2) is 0 Å². The first-order chi connectivity index (χ1) is 3.85. The van der Waals surface area contributed by atoms with Crippen LogP contribution in [0.15, 0.2) is 17.9 Å². The molecule has 8 heavy (non-hydrogen) atoms. The Hall–Kier alpha value is -1.03. The predicted octanol–water partition coefficient (Wildman–Crippen LogP) is -0.532. The smallest absolute Gasteiger partial charge is 0.129 e. The van der Waals surface area contributed by atoms with Gasteiger partial charge in [-0.05, 0) is 0 Å². The Bertz CT molecular complexity index is 88.0. The van der Waals surface area contributed by atoms with Crippen molar-refractivity contribution >= 4 is 6.34 Å². The summed E-state index contributed by atoms with van der Waals surface area (Å²) in [5, 5.41) is 4.77. The molecule has 0 aliphatic carbocycles. The Morgan fingerprint density at radius 2 is 2.50 bits per heavy atom. The summed E-state index contributed by atoms with van der Waals surface area (Å²) in [6.07, 6.45) is 2.96. The van der Waals surface area contributed by atoms with Gasteiger partial charge in [0.2, 0.25) is 0 Å². The van der Waals surface area contributed by atoms with E-state index in [4.69, 9.17) is 5.84 Å². The zero-order chi connectivity index (χ0) is 6.41. The van der Waals surface area contributed by atoms with E-state index in [2.05, 4.69) is 17.1 Å². The van der Waals surface area contributed by atoms with E-state index in [1.807, 2.05) is 0 Å². The molecule has 46 valence electrons. The second kappa shape index (κ2) is 4.14. The molecule has 0 bridgehead atoms. The summed E-state index contributed by atoms with van der Waals surface area (Å²) in [7, 11) is 1.74. The molecule has 0 fully saturated rings. The fraction of sp³-hybridized carbons (Fsp3) is 0.250. The number of hydrazone groups is 1. The monoisotopic (exact) mass is 114 g/mol. The van der Waals surface area contributed by atoms with Crippen molar-refractivity contribution < 1.29 is 0 Å². The van der Waals surface area contributed by atoms with Crippen LogP contribution in [0.25, 0.3) is 0 Å². The number of rotatable bonds is 3. The maximum atomic E-state index is 4.82. The van der Waals surface area contributed by atoms with Gasteiger partial charge in [-0.3, -0.25) is 5.01 Å². The number of nitrogens with zero attached hydrogens (tertiary/aromatic N) is 2. The predicted molar refractivity (Wildman–Crippen MR) is 33.8 cm³/mol. The first kappa shape index (κ1) is 6.97. The van der Waals surface area contributed by atoms with Gasteiger partial charge < -0.3 is 5.84 Å². The van der Waals surface area contributed by atoms with E-state index in [1.54, 1.807) is 13.2 Å². The normalized spacial score (nSPS) is 9.62. The van der Waals surface area contributed by atoms with Crippen LogP contribution in [0.4, 0.5) is 0 Å². The van der Waals surface area contributed by atoms with E-state index in [9.17, 15) is 0 Å². The fourth-order valence-electron chi connectivity index (χ4n) is 0.268. The topological polar surface area (TPSA) is 53.6 Å². The zero-order valence-corrected chi connectivity index (χ0v) is 4.83. The minimum absolute atomic E-state index is 1.41. The van der Waals surface area contributed by atoms with Gasteiger partial charge in [0.1, 0.15) is 6.34 Å². The van der Waals surface area contributed by atoms with E-state index in [-0.39, 0.29) is 0 Å². The molecule has 0 aromatic carbocycles. The van der Waals surface area contributed by atoms with Crippen LogP contribution < -0.4 is 11.3 Å². The summed E-state index contributed by atoms with van der Waals surface area (Å²) in [4.78, 5) is 0. The summed E-state index contributed by atoms with van der Waals surface area (Å²) >= 11 is 0. The molecule has 0 aromatic rings. The molecule has 0 rings (SSSR count). The van der Waals surface area contributed by atoms with Gasteiger partial charge in [-0.15, -0.1) is 0 Å². The molecule has 0 aliphatic heterocycles. The molecular weight excluding hydrogens is 104 g/mol. The summed E-state index contributed by atoms with van der Waals surface area (Å²) < 4.78 is 0. The Morgan fingerprint density at radius 1 is 1.88 bits per heavy atom. The van der Waals surface area contributed by atoms with Crippen molar-refractivity contribution in [2.75, 3.05) is 7.05 Å². The minimum Gasteiger partial charge on any atom is -0.322 e. The number of nitrogens with one attached hydrogen (secondary N) is 1. The van der Waals surface area contributed by atoms with E-state index >= 15 is 0 Å². The third-order valence-corrected chi connectivity index (χ3v) is 0.646. The third kappa shape index (κ3) is 2.20. The highest BCUT2D eigenvalue weighted by Crippen LogP contribution is 1.70. The first-order valence-corrected chi connectivity index (χ1v) is 2.16. The Kier molecular flexibility index (Phi) is 3.60. The molecule has 4 heteroatoms. The number of nitrogens with two attached hydrogens (primary N) is 1. The van der Waals surface area contributed by atoms with Crippen molar-refractivity contribution in [3.8, 4) is 0 Å². The van der Waals surface area contributed by atoms with Gasteiger partial charge in [0.05, 0.1) is 0 Å². The van der Waals surface area contributed by atoms with Gasteiger partial charge in [0.25, 0.3) is 0 Å². The molecule has 0 saturated heterocycles. The highest BCUT2D eigenvalue weighted by Gasteiger charge is 1.81. The summed E-state index contributed by atoms with van der Waals surface area (Å²) in [6, 6.07) is 0. The molecule has 0 atom stereocenters. The molecule has 0 aromatic heterocycles. The minimum atomic E-state index is 1.41. The highest BCUT2D eigenvalue weighted by molar-refractivity contribution is 5.54. The van der Waals surface area contributed by atoms with Crippen LogP contribution in [0.5, 0.6) is 0 Å². The van der Waals surface area contributed by atoms with E-state index in [0.717, 1.165) is 0 Å². The molecule has 3 N–H and O–H groups in total. The van der Waals surface area contributed by atoms with Crippen molar-refractivity contribution in [1.82, 2.24) is 10.4 Å². The summed E-state index contributed by atoms with van der Waals surface area (Å²) in [6.45, 7) is 3.47. The van der Waals surface area contributed by atoms with Crippen LogP contribution >= 0.6 is 0 Å².